The molecule has 2 heterocycles. The maximum atomic E-state index is 12.4. The maximum Gasteiger partial charge on any atom is 0.341 e. The average molecular weight is 460 g/mol. The number of rotatable bonds is 10. The molecule has 2 amide bonds. The Kier molecular flexibility index (Phi) is 8.32. The Balaban J connectivity index is 1.51. The third-order valence-corrected chi connectivity index (χ3v) is 5.46. The van der Waals surface area contributed by atoms with Crippen LogP contribution in [-0.4, -0.2) is 48.0 Å². The number of pyridine rings is 1. The van der Waals surface area contributed by atoms with Crippen molar-refractivity contribution in [2.75, 3.05) is 24.5 Å². The number of nitrogens with one attached hydrogen (secondary N) is 2. The van der Waals surface area contributed by atoms with Crippen LogP contribution < -0.4 is 20.1 Å². The summed E-state index contributed by atoms with van der Waals surface area (Å²) in [6.07, 6.45) is 3.31. The highest BCUT2D eigenvalue weighted by Crippen LogP contribution is 2.34. The van der Waals surface area contributed by atoms with Gasteiger partial charge in [0.1, 0.15) is 5.03 Å². The van der Waals surface area contributed by atoms with Crippen LogP contribution in [0.3, 0.4) is 0 Å². The molecular weight excluding hydrogens is 434 g/mol. The van der Waals surface area contributed by atoms with Crippen LogP contribution in [-0.2, 0) is 14.3 Å². The van der Waals surface area contributed by atoms with Gasteiger partial charge in [0.05, 0.1) is 11.3 Å². The second-order valence-corrected chi connectivity index (χ2v) is 8.06. The van der Waals surface area contributed by atoms with Gasteiger partial charge in [-0.3, -0.25) is 9.59 Å². The molecule has 0 unspecified atom stereocenters. The van der Waals surface area contributed by atoms with E-state index in [-0.39, 0.29) is 42.6 Å². The van der Waals surface area contributed by atoms with Crippen molar-refractivity contribution < 1.29 is 28.6 Å². The standard InChI is InChI=1S/C22H25N3O6S/c1-3-5-14(2)24-19(26)11-29-22(28)16-6-4-9-23-21(16)32-12-20(27)25-15-7-8-17-18(10-15)31-13-30-17/h4,6-10,14H,3,5,11-13H2,1-2H3,(H,24,26)(H,25,27)/t14-/m0/s1. The summed E-state index contributed by atoms with van der Waals surface area (Å²) in [4.78, 5) is 40.9. The fourth-order valence-corrected chi connectivity index (χ4v) is 3.78. The normalized spacial score (nSPS) is 12.7. The molecule has 32 heavy (non-hydrogen) atoms. The zero-order chi connectivity index (χ0) is 22.9. The molecular formula is C22H25N3O6S. The minimum atomic E-state index is -0.671. The molecule has 9 nitrogen and oxygen atoms in total. The molecule has 0 radical (unpaired) electrons. The smallest absolute Gasteiger partial charge is 0.341 e. The van der Waals surface area contributed by atoms with Crippen molar-refractivity contribution in [3.05, 3.63) is 42.1 Å². The molecule has 170 valence electrons. The number of carbonyl (C=O) groups excluding carboxylic acids is 3. The molecule has 1 aliphatic heterocycles. The van der Waals surface area contributed by atoms with E-state index in [2.05, 4.69) is 15.6 Å². The molecule has 3 rings (SSSR count). The molecule has 0 saturated heterocycles. The highest BCUT2D eigenvalue weighted by Gasteiger charge is 2.18. The third-order valence-electron chi connectivity index (χ3n) is 4.45. The monoisotopic (exact) mass is 459 g/mol. The Morgan fingerprint density at radius 1 is 1.19 bits per heavy atom. The summed E-state index contributed by atoms with van der Waals surface area (Å²) in [5.74, 6) is -0.0830. The average Bonchev–Trinajstić information content (AvgIpc) is 3.24. The van der Waals surface area contributed by atoms with E-state index in [1.807, 2.05) is 13.8 Å². The summed E-state index contributed by atoms with van der Waals surface area (Å²) < 4.78 is 15.7. The van der Waals surface area contributed by atoms with Crippen molar-refractivity contribution in [2.24, 2.45) is 0 Å². The number of anilines is 1. The lowest BCUT2D eigenvalue weighted by molar-refractivity contribution is -0.124. The summed E-state index contributed by atoms with van der Waals surface area (Å²) >= 11 is 1.10. The zero-order valence-corrected chi connectivity index (χ0v) is 18.7. The second kappa shape index (κ2) is 11.4. The van der Waals surface area contributed by atoms with Crippen LogP contribution in [0.1, 0.15) is 37.0 Å². The van der Waals surface area contributed by atoms with Gasteiger partial charge in [-0.25, -0.2) is 9.78 Å². The van der Waals surface area contributed by atoms with Gasteiger partial charge in [-0.05, 0) is 37.6 Å². The van der Waals surface area contributed by atoms with Gasteiger partial charge >= 0.3 is 5.97 Å². The van der Waals surface area contributed by atoms with Gasteiger partial charge in [0.15, 0.2) is 18.1 Å². The lowest BCUT2D eigenvalue weighted by Crippen LogP contribution is -2.35. The molecule has 1 aromatic heterocycles. The first-order chi connectivity index (χ1) is 15.5. The summed E-state index contributed by atoms with van der Waals surface area (Å²) in [6, 6.07) is 8.27. The molecule has 0 spiro atoms. The number of ether oxygens (including phenoxy) is 3. The quantitative estimate of drug-likeness (QED) is 0.412. The number of hydrogen-bond donors (Lipinski definition) is 2. The zero-order valence-electron chi connectivity index (χ0n) is 17.9. The Hall–Kier alpha value is -3.27. The van der Waals surface area contributed by atoms with Crippen molar-refractivity contribution in [3.63, 3.8) is 0 Å². The van der Waals surface area contributed by atoms with Crippen LogP contribution >= 0.6 is 11.8 Å². The summed E-state index contributed by atoms with van der Waals surface area (Å²) in [6.45, 7) is 3.70. The fourth-order valence-electron chi connectivity index (χ4n) is 3.00. The van der Waals surface area contributed by atoms with E-state index in [0.717, 1.165) is 24.6 Å². The summed E-state index contributed by atoms with van der Waals surface area (Å²) in [5, 5.41) is 5.89. The molecule has 2 N–H and O–H groups in total. The van der Waals surface area contributed by atoms with E-state index in [0.29, 0.717) is 22.2 Å². The molecule has 1 aliphatic rings. The number of esters is 1. The van der Waals surface area contributed by atoms with E-state index in [1.54, 1.807) is 30.3 Å². The van der Waals surface area contributed by atoms with Crippen molar-refractivity contribution in [3.8, 4) is 11.5 Å². The molecule has 0 saturated carbocycles. The molecule has 10 heteroatoms. The number of aromatic nitrogens is 1. The number of carbonyl (C=O) groups is 3. The fraction of sp³-hybridized carbons (Fsp3) is 0.364. The number of hydrogen-bond acceptors (Lipinski definition) is 8. The van der Waals surface area contributed by atoms with Crippen molar-refractivity contribution in [1.29, 1.82) is 0 Å². The van der Waals surface area contributed by atoms with E-state index in [9.17, 15) is 14.4 Å². The van der Waals surface area contributed by atoms with Crippen LogP contribution in [0.5, 0.6) is 11.5 Å². The van der Waals surface area contributed by atoms with E-state index in [1.165, 1.54) is 6.20 Å². The summed E-state index contributed by atoms with van der Waals surface area (Å²) in [7, 11) is 0. The lowest BCUT2D eigenvalue weighted by atomic mass is 10.2. The van der Waals surface area contributed by atoms with Crippen molar-refractivity contribution in [1.82, 2.24) is 10.3 Å². The second-order valence-electron chi connectivity index (χ2n) is 7.09. The van der Waals surface area contributed by atoms with Gasteiger partial charge in [0, 0.05) is 24.0 Å². The Morgan fingerprint density at radius 2 is 2.00 bits per heavy atom. The van der Waals surface area contributed by atoms with Gasteiger partial charge < -0.3 is 24.8 Å². The van der Waals surface area contributed by atoms with Crippen LogP contribution in [0.25, 0.3) is 0 Å². The third kappa shape index (κ3) is 6.61. The van der Waals surface area contributed by atoms with Gasteiger partial charge in [0.25, 0.3) is 5.91 Å². The van der Waals surface area contributed by atoms with E-state index < -0.39 is 5.97 Å². The van der Waals surface area contributed by atoms with Gasteiger partial charge in [-0.2, -0.15) is 0 Å². The molecule has 2 aromatic rings. The molecule has 0 aliphatic carbocycles. The lowest BCUT2D eigenvalue weighted by Gasteiger charge is -2.13. The number of benzene rings is 1. The Labute approximate surface area is 190 Å². The van der Waals surface area contributed by atoms with Gasteiger partial charge in [-0.15, -0.1) is 0 Å². The number of thioether (sulfide) groups is 1. The first kappa shape index (κ1) is 23.4. The first-order valence-corrected chi connectivity index (χ1v) is 11.2. The Morgan fingerprint density at radius 3 is 2.81 bits per heavy atom. The molecule has 1 aromatic carbocycles. The van der Waals surface area contributed by atoms with E-state index >= 15 is 0 Å². The summed E-state index contributed by atoms with van der Waals surface area (Å²) in [5.41, 5.74) is 0.770. The SMILES string of the molecule is CCC[C@H](C)NC(=O)COC(=O)c1cccnc1SCC(=O)Nc1ccc2c(c1)OCO2. The van der Waals surface area contributed by atoms with Crippen LogP contribution in [0, 0.1) is 0 Å². The van der Waals surface area contributed by atoms with Crippen LogP contribution in [0.15, 0.2) is 41.6 Å². The predicted octanol–water partition coefficient (Wildman–Crippen LogP) is 3.00. The van der Waals surface area contributed by atoms with E-state index in [4.69, 9.17) is 14.2 Å². The van der Waals surface area contributed by atoms with Crippen LogP contribution in [0.4, 0.5) is 5.69 Å². The van der Waals surface area contributed by atoms with Crippen molar-refractivity contribution >= 4 is 35.2 Å². The Bertz CT molecular complexity index is 984. The highest BCUT2D eigenvalue weighted by molar-refractivity contribution is 8.00. The largest absolute Gasteiger partial charge is 0.454 e. The van der Waals surface area contributed by atoms with Gasteiger partial charge in [0.2, 0.25) is 12.7 Å². The number of nitrogens with zero attached hydrogens (tertiary/aromatic N) is 1. The molecule has 0 bridgehead atoms. The highest BCUT2D eigenvalue weighted by atomic mass is 32.2. The minimum Gasteiger partial charge on any atom is -0.454 e. The molecule has 0 fully saturated rings. The van der Waals surface area contributed by atoms with Gasteiger partial charge in [-0.1, -0.05) is 25.1 Å². The minimum absolute atomic E-state index is 0.0129. The first-order valence-electron chi connectivity index (χ1n) is 10.2. The number of amides is 2. The topological polar surface area (TPSA) is 116 Å². The molecule has 1 atom stereocenters. The van der Waals surface area contributed by atoms with Crippen LogP contribution in [0.2, 0.25) is 0 Å². The maximum absolute atomic E-state index is 12.4. The van der Waals surface area contributed by atoms with Crippen molar-refractivity contribution in [2.45, 2.75) is 37.8 Å². The number of fused-ring (bicyclic) bond motifs is 1. The predicted molar refractivity (Wildman–Crippen MR) is 119 cm³/mol.